The Bertz CT molecular complexity index is 1570. The van der Waals surface area contributed by atoms with Gasteiger partial charge in [0.15, 0.2) is 0 Å². The van der Waals surface area contributed by atoms with Crippen LogP contribution in [0, 0.1) is 23.7 Å². The van der Waals surface area contributed by atoms with Gasteiger partial charge < -0.3 is 0 Å². The Balaban J connectivity index is 0.000000236. The van der Waals surface area contributed by atoms with Crippen molar-refractivity contribution in [2.75, 3.05) is 0 Å². The Labute approximate surface area is 288 Å². The minimum Gasteiger partial charge on any atom is -0.0622 e. The Hall–Kier alpha value is -2.25. The van der Waals surface area contributed by atoms with Crippen molar-refractivity contribution in [2.45, 2.75) is 71.8 Å². The van der Waals surface area contributed by atoms with Crippen molar-refractivity contribution in [3.63, 3.8) is 0 Å². The first kappa shape index (κ1) is 32.3. The van der Waals surface area contributed by atoms with Gasteiger partial charge in [0.1, 0.15) is 0 Å². The maximum absolute atomic E-state index is 4.80. The van der Waals surface area contributed by atoms with E-state index < -0.39 is 30.1 Å². The van der Waals surface area contributed by atoms with E-state index in [0.717, 1.165) is 17.8 Å². The molecule has 1 nitrogen and oxygen atoms in total. The number of allylic oxidation sites excluding steroid dienone is 4. The van der Waals surface area contributed by atoms with Gasteiger partial charge in [0.25, 0.3) is 0 Å². The van der Waals surface area contributed by atoms with Gasteiger partial charge in [-0.3, -0.25) is 0 Å². The van der Waals surface area contributed by atoms with Crippen LogP contribution >= 0.6 is 0 Å². The molecule has 4 aromatic rings. The van der Waals surface area contributed by atoms with Crippen LogP contribution in [0.2, 0.25) is 0 Å². The molecule has 0 heterocycles. The maximum atomic E-state index is 4.80. The molecule has 5 aliphatic rings. The molecule has 235 valence electrons. The van der Waals surface area contributed by atoms with Gasteiger partial charge in [0, 0.05) is 0 Å². The fourth-order valence-electron chi connectivity index (χ4n) is 9.72. The molecule has 1 unspecified atom stereocenters. The van der Waals surface area contributed by atoms with Crippen LogP contribution in [0.3, 0.4) is 0 Å². The van der Waals surface area contributed by atoms with Crippen molar-refractivity contribution in [1.29, 1.82) is 0 Å². The molecule has 0 spiro atoms. The van der Waals surface area contributed by atoms with Gasteiger partial charge in [-0.1, -0.05) is 60.7 Å². The van der Waals surface area contributed by atoms with Crippen molar-refractivity contribution in [3.8, 4) is 11.1 Å². The van der Waals surface area contributed by atoms with Gasteiger partial charge in [-0.2, -0.15) is 0 Å². The average molecular weight is 745 g/mol. The summed E-state index contributed by atoms with van der Waals surface area (Å²) in [5.74, 6) is 3.64. The summed E-state index contributed by atoms with van der Waals surface area (Å²) in [6.07, 6.45) is 8.98. The van der Waals surface area contributed by atoms with E-state index in [1.54, 1.807) is 25.5 Å². The third-order valence-corrected chi connectivity index (χ3v) is 44.3. The fraction of sp³-hybridized carbons (Fsp3) is 0.349. The van der Waals surface area contributed by atoms with E-state index in [2.05, 4.69) is 137 Å². The van der Waals surface area contributed by atoms with Gasteiger partial charge in [-0.25, -0.2) is 0 Å². The molecule has 0 aromatic heterocycles. The van der Waals surface area contributed by atoms with Gasteiger partial charge in [0.2, 0.25) is 0 Å². The molecule has 1 N–H and O–H groups in total. The summed E-state index contributed by atoms with van der Waals surface area (Å²) < 4.78 is 10.1. The molecule has 46 heavy (non-hydrogen) atoms. The minimum atomic E-state index is -2.24. The van der Waals surface area contributed by atoms with Crippen LogP contribution in [0.5, 0.6) is 0 Å². The van der Waals surface area contributed by atoms with E-state index in [9.17, 15) is 0 Å². The fourth-order valence-corrected chi connectivity index (χ4v) is 49.9. The zero-order valence-electron chi connectivity index (χ0n) is 28.2. The quantitative estimate of drug-likeness (QED) is 0.186. The smallest absolute Gasteiger partial charge is 0.0184 e. The summed E-state index contributed by atoms with van der Waals surface area (Å²) in [5.41, 5.74) is 7.90. The number of benzene rings is 4. The van der Waals surface area contributed by atoms with Gasteiger partial charge in [-0.15, -0.1) is 0 Å². The number of hydrogen-bond acceptors (Lipinski definition) is 1. The van der Waals surface area contributed by atoms with Crippen molar-refractivity contribution >= 4 is 19.4 Å². The molecule has 3 heteroatoms. The molecule has 0 aliphatic heterocycles. The molecule has 4 bridgehead atoms. The topological polar surface area (TPSA) is 12.0 Å². The van der Waals surface area contributed by atoms with E-state index in [1.807, 2.05) is 15.4 Å². The average Bonchev–Trinajstić information content (AvgIpc) is 3.27. The van der Waals surface area contributed by atoms with Crippen molar-refractivity contribution < 1.29 is 19.5 Å². The van der Waals surface area contributed by atoms with E-state index in [1.165, 1.54) is 49.7 Å². The van der Waals surface area contributed by atoms with Gasteiger partial charge in [-0.05, 0) is 11.1 Å². The molecule has 4 fully saturated rings. The van der Waals surface area contributed by atoms with Crippen LogP contribution in [0.15, 0.2) is 141 Å². The summed E-state index contributed by atoms with van der Waals surface area (Å²) in [5, 5.41) is 0. The standard InChI is InChI=1S/C12H11Ge.C12H10.C10H16N.C9H13.Zr/c1-3-7-11(8-4-1)13-12-9-5-2-6-10-12;1-3-7-11(8-4-1)12-9-5-2-6-10-12;11-10-4-7-1-8(5-10)3-9(2-7)6-10;1-6-5-7(2)9(4)8(6)3;/h1-10,13H;1-10H;7-9,11H,1-6H2;6H,1-4H3;/q;;-1;;+1. The molecule has 0 saturated heterocycles. The molecule has 9 rings (SSSR count). The van der Waals surface area contributed by atoms with E-state index in [4.69, 9.17) is 3.26 Å². The van der Waals surface area contributed by atoms with Gasteiger partial charge in [0.05, 0.1) is 0 Å². The second-order valence-corrected chi connectivity index (χ2v) is 37.9. The van der Waals surface area contributed by atoms with Gasteiger partial charge >= 0.3 is 218 Å². The SMILES string of the molecule is CC1=C(C)C(C)[C]([Zr]([NH]C23CC4CC(CC(C4)C2)C3)[GeH]([c]2ccccc2)[c]2ccccc2)=C1C.c1ccc(-c2ccccc2)cc1. The predicted octanol–water partition coefficient (Wildman–Crippen LogP) is 9.23. The van der Waals surface area contributed by atoms with Crippen LogP contribution in [-0.4, -0.2) is 16.1 Å². The molecule has 4 saturated carbocycles. The van der Waals surface area contributed by atoms with E-state index in [-0.39, 0.29) is 0 Å². The minimum absolute atomic E-state index is 0.452. The van der Waals surface area contributed by atoms with Crippen LogP contribution in [0.4, 0.5) is 0 Å². The Morgan fingerprint density at radius 3 is 1.33 bits per heavy atom. The third kappa shape index (κ3) is 6.69. The van der Waals surface area contributed by atoms with Crippen LogP contribution in [0.25, 0.3) is 11.1 Å². The second-order valence-electron chi connectivity index (χ2n) is 14.8. The van der Waals surface area contributed by atoms with Crippen molar-refractivity contribution in [1.82, 2.24) is 3.26 Å². The summed E-state index contributed by atoms with van der Waals surface area (Å²) in [6.45, 7) is 9.80. The third-order valence-electron chi connectivity index (χ3n) is 11.8. The van der Waals surface area contributed by atoms with Crippen LogP contribution < -0.4 is 12.1 Å². The summed E-state index contributed by atoms with van der Waals surface area (Å²) in [7, 11) is -2.04. The molecule has 4 aromatic carbocycles. The summed E-state index contributed by atoms with van der Waals surface area (Å²) in [4.78, 5) is 0. The van der Waals surface area contributed by atoms with E-state index >= 15 is 0 Å². The zero-order chi connectivity index (χ0) is 31.7. The normalized spacial score (nSPS) is 26.4. The second kappa shape index (κ2) is 14.1. The van der Waals surface area contributed by atoms with Crippen molar-refractivity contribution in [3.05, 3.63) is 141 Å². The van der Waals surface area contributed by atoms with E-state index in [0.29, 0.717) is 11.5 Å². The number of hydrogen-bond donors (Lipinski definition) is 1. The summed E-state index contributed by atoms with van der Waals surface area (Å²) in [6, 6.07) is 44.4. The first-order chi connectivity index (χ1) is 22.4. The first-order valence-corrected chi connectivity index (χ1v) is 31.1. The first-order valence-electron chi connectivity index (χ1n) is 17.6. The zero-order valence-corrected chi connectivity index (χ0v) is 33.1. The maximum Gasteiger partial charge on any atom is -0.0184 e. The molecule has 0 amide bonds. The Kier molecular flexibility index (Phi) is 9.88. The Morgan fingerprint density at radius 2 is 0.957 bits per heavy atom. The number of nitrogens with one attached hydrogen (secondary N) is 1. The van der Waals surface area contributed by atoms with Crippen molar-refractivity contribution in [2.24, 2.45) is 23.7 Å². The molecule has 5 aliphatic carbocycles. The molecular formula is C43H50GeNZr. The molecule has 1 atom stereocenters. The Morgan fingerprint density at radius 1 is 0.565 bits per heavy atom. The molecule has 0 radical (unpaired) electrons. The predicted molar refractivity (Wildman–Crippen MR) is 195 cm³/mol. The van der Waals surface area contributed by atoms with Crippen LogP contribution in [0.1, 0.15) is 66.2 Å². The summed E-state index contributed by atoms with van der Waals surface area (Å²) >= 11 is -2.24. The van der Waals surface area contributed by atoms with Crippen LogP contribution in [-0.2, 0) is 19.5 Å². The molecular weight excluding hydrogens is 694 g/mol. The largest absolute Gasteiger partial charge is 0.0622 e. The number of rotatable bonds is 7. The monoisotopic (exact) mass is 744 g/mol.